The number of amides is 1. The zero-order valence-electron chi connectivity index (χ0n) is 11.1. The second-order valence-corrected chi connectivity index (χ2v) is 4.86. The van der Waals surface area contributed by atoms with Crippen LogP contribution in [0.4, 0.5) is 14.5 Å². The van der Waals surface area contributed by atoms with E-state index in [0.29, 0.717) is 6.42 Å². The summed E-state index contributed by atoms with van der Waals surface area (Å²) in [6, 6.07) is 13.9. The second-order valence-electron chi connectivity index (χ2n) is 4.86. The van der Waals surface area contributed by atoms with Crippen LogP contribution in [0.3, 0.4) is 0 Å². The molecular formula is C16H13F2NO2. The molecule has 0 aromatic heterocycles. The standard InChI is InChI=1S/C16H13F2NO2/c17-16(18)21-11-5-3-4-10(8-11)9-13-12-6-1-2-7-14(12)19-15(13)20/h1-8,13,16H,9H2,(H,19,20). The highest BCUT2D eigenvalue weighted by Gasteiger charge is 2.30. The van der Waals surface area contributed by atoms with E-state index >= 15 is 0 Å². The Balaban J connectivity index is 1.82. The van der Waals surface area contributed by atoms with Crippen LogP contribution in [0.2, 0.25) is 0 Å². The van der Waals surface area contributed by atoms with Crippen molar-refractivity contribution in [2.75, 3.05) is 5.32 Å². The van der Waals surface area contributed by atoms with Gasteiger partial charge in [0, 0.05) is 5.69 Å². The average Bonchev–Trinajstić information content (AvgIpc) is 2.75. The molecule has 1 atom stereocenters. The number of hydrogen-bond donors (Lipinski definition) is 1. The summed E-state index contributed by atoms with van der Waals surface area (Å²) < 4.78 is 28.8. The molecule has 108 valence electrons. The van der Waals surface area contributed by atoms with Gasteiger partial charge >= 0.3 is 6.61 Å². The van der Waals surface area contributed by atoms with E-state index in [1.807, 2.05) is 24.3 Å². The van der Waals surface area contributed by atoms with Gasteiger partial charge in [-0.1, -0.05) is 30.3 Å². The fraction of sp³-hybridized carbons (Fsp3) is 0.188. The van der Waals surface area contributed by atoms with Crippen LogP contribution in [-0.2, 0) is 11.2 Å². The van der Waals surface area contributed by atoms with Crippen LogP contribution in [0.1, 0.15) is 17.0 Å². The van der Waals surface area contributed by atoms with Gasteiger partial charge in [-0.3, -0.25) is 4.79 Å². The van der Waals surface area contributed by atoms with E-state index in [2.05, 4.69) is 10.1 Å². The molecule has 0 fully saturated rings. The summed E-state index contributed by atoms with van der Waals surface area (Å²) in [4.78, 5) is 12.0. The largest absolute Gasteiger partial charge is 0.435 e. The molecule has 5 heteroatoms. The summed E-state index contributed by atoms with van der Waals surface area (Å²) >= 11 is 0. The molecule has 1 N–H and O–H groups in total. The Bertz CT molecular complexity index is 673. The zero-order chi connectivity index (χ0) is 14.8. The van der Waals surface area contributed by atoms with Gasteiger partial charge in [0.25, 0.3) is 0 Å². The Hall–Kier alpha value is -2.43. The van der Waals surface area contributed by atoms with Crippen molar-refractivity contribution < 1.29 is 18.3 Å². The number of hydrogen-bond acceptors (Lipinski definition) is 2. The maximum Gasteiger partial charge on any atom is 0.387 e. The number of fused-ring (bicyclic) bond motifs is 1. The Morgan fingerprint density at radius 3 is 2.76 bits per heavy atom. The normalized spacial score (nSPS) is 16.7. The second kappa shape index (κ2) is 5.52. The Morgan fingerprint density at radius 1 is 1.14 bits per heavy atom. The predicted octanol–water partition coefficient (Wildman–Crippen LogP) is 3.57. The molecule has 0 spiro atoms. The first-order valence-corrected chi connectivity index (χ1v) is 6.57. The van der Waals surface area contributed by atoms with Crippen molar-refractivity contribution >= 4 is 11.6 Å². The number of carbonyl (C=O) groups is 1. The third-order valence-corrected chi connectivity index (χ3v) is 3.47. The van der Waals surface area contributed by atoms with Gasteiger partial charge in [0.2, 0.25) is 5.91 Å². The van der Waals surface area contributed by atoms with Gasteiger partial charge in [-0.25, -0.2) is 0 Å². The highest BCUT2D eigenvalue weighted by Crippen LogP contribution is 2.34. The number of nitrogens with one attached hydrogen (secondary N) is 1. The molecule has 1 amide bonds. The Labute approximate surface area is 120 Å². The number of rotatable bonds is 4. The molecule has 0 bridgehead atoms. The molecule has 1 aliphatic rings. The van der Waals surface area contributed by atoms with E-state index in [-0.39, 0.29) is 17.6 Å². The van der Waals surface area contributed by atoms with Gasteiger partial charge in [0.05, 0.1) is 5.92 Å². The summed E-state index contributed by atoms with van der Waals surface area (Å²) in [6.45, 7) is -2.85. The van der Waals surface area contributed by atoms with E-state index in [1.54, 1.807) is 18.2 Å². The molecule has 0 aliphatic carbocycles. The van der Waals surface area contributed by atoms with Crippen molar-refractivity contribution in [2.24, 2.45) is 0 Å². The van der Waals surface area contributed by atoms with Crippen molar-refractivity contribution in [3.05, 3.63) is 59.7 Å². The number of ether oxygens (including phenoxy) is 1. The molecule has 0 saturated carbocycles. The van der Waals surface area contributed by atoms with Crippen LogP contribution in [0.5, 0.6) is 5.75 Å². The van der Waals surface area contributed by atoms with E-state index < -0.39 is 6.61 Å². The lowest BCUT2D eigenvalue weighted by Crippen LogP contribution is -2.14. The third-order valence-electron chi connectivity index (χ3n) is 3.47. The van der Waals surface area contributed by atoms with Gasteiger partial charge in [0.1, 0.15) is 5.75 Å². The Morgan fingerprint density at radius 2 is 1.95 bits per heavy atom. The minimum atomic E-state index is -2.85. The molecule has 2 aromatic carbocycles. The highest BCUT2D eigenvalue weighted by molar-refractivity contribution is 6.03. The minimum Gasteiger partial charge on any atom is -0.435 e. The first-order valence-electron chi connectivity index (χ1n) is 6.57. The van der Waals surface area contributed by atoms with Crippen LogP contribution in [0, 0.1) is 0 Å². The fourth-order valence-corrected chi connectivity index (χ4v) is 2.56. The Kier molecular flexibility index (Phi) is 3.56. The molecule has 3 rings (SSSR count). The monoisotopic (exact) mass is 289 g/mol. The molecule has 1 unspecified atom stereocenters. The molecular weight excluding hydrogens is 276 g/mol. The lowest BCUT2D eigenvalue weighted by Gasteiger charge is -2.10. The van der Waals surface area contributed by atoms with Crippen LogP contribution in [0.15, 0.2) is 48.5 Å². The number of anilines is 1. The summed E-state index contributed by atoms with van der Waals surface area (Å²) in [5.41, 5.74) is 2.53. The van der Waals surface area contributed by atoms with Gasteiger partial charge in [0.15, 0.2) is 0 Å². The van der Waals surface area contributed by atoms with E-state index in [9.17, 15) is 13.6 Å². The first kappa shape index (κ1) is 13.5. The van der Waals surface area contributed by atoms with E-state index in [4.69, 9.17) is 0 Å². The van der Waals surface area contributed by atoms with Gasteiger partial charge in [-0.2, -0.15) is 8.78 Å². The predicted molar refractivity (Wildman–Crippen MR) is 74.6 cm³/mol. The van der Waals surface area contributed by atoms with Crippen molar-refractivity contribution in [2.45, 2.75) is 19.0 Å². The molecule has 0 radical (unpaired) electrons. The number of alkyl halides is 2. The molecule has 2 aromatic rings. The van der Waals surface area contributed by atoms with Gasteiger partial charge < -0.3 is 10.1 Å². The van der Waals surface area contributed by atoms with Crippen LogP contribution >= 0.6 is 0 Å². The molecule has 1 heterocycles. The summed E-state index contributed by atoms with van der Waals surface area (Å²) in [6.07, 6.45) is 0.448. The topological polar surface area (TPSA) is 38.3 Å². The fourth-order valence-electron chi connectivity index (χ4n) is 2.56. The van der Waals surface area contributed by atoms with Crippen molar-refractivity contribution in [1.82, 2.24) is 0 Å². The number of para-hydroxylation sites is 1. The van der Waals surface area contributed by atoms with Crippen LogP contribution in [-0.4, -0.2) is 12.5 Å². The SMILES string of the molecule is O=C1Nc2ccccc2C1Cc1cccc(OC(F)F)c1. The van der Waals surface area contributed by atoms with E-state index in [1.165, 1.54) is 6.07 Å². The summed E-state index contributed by atoms with van der Waals surface area (Å²) in [5, 5.41) is 2.82. The van der Waals surface area contributed by atoms with Gasteiger partial charge in [-0.15, -0.1) is 0 Å². The van der Waals surface area contributed by atoms with Crippen molar-refractivity contribution in [3.63, 3.8) is 0 Å². The molecule has 1 aliphatic heterocycles. The lowest BCUT2D eigenvalue weighted by atomic mass is 9.93. The zero-order valence-corrected chi connectivity index (χ0v) is 11.1. The minimum absolute atomic E-state index is 0.0728. The first-order chi connectivity index (χ1) is 10.1. The number of carbonyl (C=O) groups excluding carboxylic acids is 1. The quantitative estimate of drug-likeness (QED) is 0.934. The number of halogens is 2. The smallest absolute Gasteiger partial charge is 0.387 e. The highest BCUT2D eigenvalue weighted by atomic mass is 19.3. The summed E-state index contributed by atoms with van der Waals surface area (Å²) in [5.74, 6) is -0.270. The molecule has 21 heavy (non-hydrogen) atoms. The van der Waals surface area contributed by atoms with Crippen LogP contribution in [0.25, 0.3) is 0 Å². The maximum atomic E-state index is 12.2. The van der Waals surface area contributed by atoms with Crippen molar-refractivity contribution in [1.29, 1.82) is 0 Å². The third kappa shape index (κ3) is 2.86. The van der Waals surface area contributed by atoms with Crippen LogP contribution < -0.4 is 10.1 Å². The number of benzene rings is 2. The van der Waals surface area contributed by atoms with E-state index in [0.717, 1.165) is 16.8 Å². The van der Waals surface area contributed by atoms with Crippen molar-refractivity contribution in [3.8, 4) is 5.75 Å². The lowest BCUT2D eigenvalue weighted by molar-refractivity contribution is -0.117. The molecule has 3 nitrogen and oxygen atoms in total. The maximum absolute atomic E-state index is 12.2. The summed E-state index contributed by atoms with van der Waals surface area (Å²) in [7, 11) is 0. The average molecular weight is 289 g/mol. The molecule has 0 saturated heterocycles. The van der Waals surface area contributed by atoms with Gasteiger partial charge in [-0.05, 0) is 35.7 Å².